The Morgan fingerprint density at radius 3 is 2.55 bits per heavy atom. The molecule has 1 unspecified atom stereocenters. The van der Waals surface area contributed by atoms with Crippen LogP contribution < -0.4 is 10.6 Å². The first-order valence-corrected chi connectivity index (χ1v) is 9.64. The van der Waals surface area contributed by atoms with Crippen molar-refractivity contribution in [1.82, 2.24) is 15.5 Å². The molecule has 0 spiro atoms. The van der Waals surface area contributed by atoms with E-state index in [0.717, 1.165) is 12.0 Å². The Balaban J connectivity index is 1.59. The summed E-state index contributed by atoms with van der Waals surface area (Å²) in [5.74, 6) is 0.447. The van der Waals surface area contributed by atoms with Crippen LogP contribution in [0.5, 0.6) is 0 Å². The summed E-state index contributed by atoms with van der Waals surface area (Å²) in [6.45, 7) is 3.94. The number of amides is 2. The Morgan fingerprint density at radius 2 is 1.79 bits per heavy atom. The van der Waals surface area contributed by atoms with Crippen molar-refractivity contribution in [2.24, 2.45) is 0 Å². The first-order chi connectivity index (χ1) is 14.1. The number of nitrogens with one attached hydrogen (secondary N) is 2. The number of nitrogens with zero attached hydrogens (tertiary/aromatic N) is 2. The van der Waals surface area contributed by atoms with Crippen LogP contribution in [0.1, 0.15) is 42.9 Å². The standard InChI is InChI=1S/C22H24N4O3/c1-3-15(2)23-22(28)17-11-7-8-12-18(17)24-19(27)13-14-20-25-21(26-29-20)16-9-5-4-6-10-16/h4-12,15H,3,13-14H2,1-2H3,(H,23,28)(H,24,27). The van der Waals surface area contributed by atoms with E-state index >= 15 is 0 Å². The number of rotatable bonds is 8. The number of carbonyl (C=O) groups excluding carboxylic acids is 2. The zero-order valence-corrected chi connectivity index (χ0v) is 16.5. The van der Waals surface area contributed by atoms with Crippen LogP contribution >= 0.6 is 0 Å². The van der Waals surface area contributed by atoms with Gasteiger partial charge in [0.15, 0.2) is 0 Å². The summed E-state index contributed by atoms with van der Waals surface area (Å²) in [5.41, 5.74) is 1.77. The lowest BCUT2D eigenvalue weighted by Gasteiger charge is -2.14. The van der Waals surface area contributed by atoms with Gasteiger partial charge in [-0.2, -0.15) is 4.98 Å². The van der Waals surface area contributed by atoms with E-state index in [0.29, 0.717) is 29.4 Å². The zero-order valence-electron chi connectivity index (χ0n) is 16.5. The van der Waals surface area contributed by atoms with E-state index < -0.39 is 0 Å². The van der Waals surface area contributed by atoms with Crippen LogP contribution in [-0.4, -0.2) is 28.0 Å². The Morgan fingerprint density at radius 1 is 1.07 bits per heavy atom. The highest BCUT2D eigenvalue weighted by molar-refractivity contribution is 6.03. The van der Waals surface area contributed by atoms with E-state index in [-0.39, 0.29) is 24.3 Å². The number of aromatic nitrogens is 2. The molecular weight excluding hydrogens is 368 g/mol. The number of para-hydroxylation sites is 1. The van der Waals surface area contributed by atoms with Crippen LogP contribution in [0.15, 0.2) is 59.1 Å². The molecule has 0 saturated heterocycles. The molecule has 0 radical (unpaired) electrons. The van der Waals surface area contributed by atoms with Crippen LogP contribution in [0.25, 0.3) is 11.4 Å². The minimum atomic E-state index is -0.228. The van der Waals surface area contributed by atoms with Crippen LogP contribution in [0.4, 0.5) is 5.69 Å². The van der Waals surface area contributed by atoms with Gasteiger partial charge < -0.3 is 15.2 Å². The topological polar surface area (TPSA) is 97.1 Å². The van der Waals surface area contributed by atoms with Gasteiger partial charge in [0.2, 0.25) is 17.6 Å². The number of anilines is 1. The maximum absolute atomic E-state index is 12.4. The molecule has 0 bridgehead atoms. The summed E-state index contributed by atoms with van der Waals surface area (Å²) in [5, 5.41) is 9.66. The molecule has 0 saturated carbocycles. The van der Waals surface area contributed by atoms with Crippen molar-refractivity contribution in [3.05, 3.63) is 66.1 Å². The third-order valence-electron chi connectivity index (χ3n) is 4.50. The molecule has 7 nitrogen and oxygen atoms in total. The minimum Gasteiger partial charge on any atom is -0.350 e. The van der Waals surface area contributed by atoms with Crippen molar-refractivity contribution in [3.8, 4) is 11.4 Å². The predicted molar refractivity (Wildman–Crippen MR) is 110 cm³/mol. The summed E-state index contributed by atoms with van der Waals surface area (Å²) >= 11 is 0. The van der Waals surface area contributed by atoms with Crippen LogP contribution in [0.2, 0.25) is 0 Å². The smallest absolute Gasteiger partial charge is 0.253 e. The van der Waals surface area contributed by atoms with Gasteiger partial charge in [0.25, 0.3) is 5.91 Å². The van der Waals surface area contributed by atoms with Gasteiger partial charge in [-0.15, -0.1) is 0 Å². The average molecular weight is 392 g/mol. The largest absolute Gasteiger partial charge is 0.350 e. The van der Waals surface area contributed by atoms with Crippen LogP contribution in [0, 0.1) is 0 Å². The fourth-order valence-corrected chi connectivity index (χ4v) is 2.69. The molecule has 1 atom stereocenters. The molecule has 2 amide bonds. The van der Waals surface area contributed by atoms with Gasteiger partial charge in [-0.25, -0.2) is 0 Å². The number of aryl methyl sites for hydroxylation is 1. The zero-order chi connectivity index (χ0) is 20.6. The maximum Gasteiger partial charge on any atom is 0.253 e. The molecule has 29 heavy (non-hydrogen) atoms. The fraction of sp³-hybridized carbons (Fsp3) is 0.273. The molecular formula is C22H24N4O3. The van der Waals surface area contributed by atoms with Crippen molar-refractivity contribution >= 4 is 17.5 Å². The Labute approximate surface area is 169 Å². The lowest BCUT2D eigenvalue weighted by atomic mass is 10.1. The van der Waals surface area contributed by atoms with Gasteiger partial charge in [0.1, 0.15) is 0 Å². The van der Waals surface area contributed by atoms with E-state index in [4.69, 9.17) is 4.52 Å². The molecule has 0 aliphatic rings. The molecule has 2 N–H and O–H groups in total. The second-order valence-corrected chi connectivity index (χ2v) is 6.75. The molecule has 1 heterocycles. The van der Waals surface area contributed by atoms with Gasteiger partial charge >= 0.3 is 0 Å². The first-order valence-electron chi connectivity index (χ1n) is 9.64. The normalized spacial score (nSPS) is 11.7. The molecule has 0 aliphatic carbocycles. The van der Waals surface area contributed by atoms with E-state index in [1.165, 1.54) is 0 Å². The predicted octanol–water partition coefficient (Wildman–Crippen LogP) is 3.84. The van der Waals surface area contributed by atoms with Crippen molar-refractivity contribution in [1.29, 1.82) is 0 Å². The average Bonchev–Trinajstić information content (AvgIpc) is 3.22. The van der Waals surface area contributed by atoms with Gasteiger partial charge in [-0.05, 0) is 25.5 Å². The highest BCUT2D eigenvalue weighted by Gasteiger charge is 2.15. The quantitative estimate of drug-likeness (QED) is 0.607. The number of benzene rings is 2. The second-order valence-electron chi connectivity index (χ2n) is 6.75. The highest BCUT2D eigenvalue weighted by atomic mass is 16.5. The SMILES string of the molecule is CCC(C)NC(=O)c1ccccc1NC(=O)CCc1nc(-c2ccccc2)no1. The summed E-state index contributed by atoms with van der Waals surface area (Å²) in [7, 11) is 0. The molecule has 3 aromatic rings. The van der Waals surface area contributed by atoms with Gasteiger partial charge in [-0.1, -0.05) is 54.5 Å². The van der Waals surface area contributed by atoms with E-state index in [1.54, 1.807) is 24.3 Å². The molecule has 1 aromatic heterocycles. The Bertz CT molecular complexity index is 969. The Kier molecular flexibility index (Phi) is 6.73. The molecule has 3 rings (SSSR count). The molecule has 150 valence electrons. The number of hydrogen-bond donors (Lipinski definition) is 2. The molecule has 0 fully saturated rings. The number of carbonyl (C=O) groups is 2. The first kappa shape index (κ1) is 20.3. The van der Waals surface area contributed by atoms with Crippen molar-refractivity contribution in [2.45, 2.75) is 39.2 Å². The third kappa shape index (κ3) is 5.51. The van der Waals surface area contributed by atoms with Crippen LogP contribution in [-0.2, 0) is 11.2 Å². The Hall–Kier alpha value is -3.48. The minimum absolute atomic E-state index is 0.0580. The summed E-state index contributed by atoms with van der Waals surface area (Å²) in [4.78, 5) is 29.1. The molecule has 0 aliphatic heterocycles. The lowest BCUT2D eigenvalue weighted by Crippen LogP contribution is -2.32. The van der Waals surface area contributed by atoms with Crippen molar-refractivity contribution < 1.29 is 14.1 Å². The van der Waals surface area contributed by atoms with Gasteiger partial charge in [-0.3, -0.25) is 9.59 Å². The molecule has 7 heteroatoms. The monoisotopic (exact) mass is 392 g/mol. The van der Waals surface area contributed by atoms with E-state index in [2.05, 4.69) is 20.8 Å². The van der Waals surface area contributed by atoms with E-state index in [9.17, 15) is 9.59 Å². The second kappa shape index (κ2) is 9.64. The summed E-state index contributed by atoms with van der Waals surface area (Å²) in [6, 6.07) is 16.5. The molecule has 2 aromatic carbocycles. The van der Waals surface area contributed by atoms with E-state index in [1.807, 2.05) is 44.2 Å². The lowest BCUT2D eigenvalue weighted by molar-refractivity contribution is -0.116. The maximum atomic E-state index is 12.4. The highest BCUT2D eigenvalue weighted by Crippen LogP contribution is 2.17. The van der Waals surface area contributed by atoms with Crippen molar-refractivity contribution in [3.63, 3.8) is 0 Å². The fourth-order valence-electron chi connectivity index (χ4n) is 2.69. The third-order valence-corrected chi connectivity index (χ3v) is 4.50. The van der Waals surface area contributed by atoms with Gasteiger partial charge in [0.05, 0.1) is 11.3 Å². The van der Waals surface area contributed by atoms with Crippen molar-refractivity contribution in [2.75, 3.05) is 5.32 Å². The summed E-state index contributed by atoms with van der Waals surface area (Å²) in [6.07, 6.45) is 1.31. The van der Waals surface area contributed by atoms with Gasteiger partial charge in [0, 0.05) is 24.4 Å². The van der Waals surface area contributed by atoms with Crippen LogP contribution in [0.3, 0.4) is 0 Å². The summed E-state index contributed by atoms with van der Waals surface area (Å²) < 4.78 is 5.23. The number of hydrogen-bond acceptors (Lipinski definition) is 5.